The van der Waals surface area contributed by atoms with E-state index in [0.717, 1.165) is 5.56 Å². The monoisotopic (exact) mass is 371 g/mol. The fraction of sp³-hybridized carbons (Fsp3) is 0.409. The topological polar surface area (TPSA) is 67.8 Å². The first-order valence-electron chi connectivity index (χ1n) is 9.42. The maximum absolute atomic E-state index is 12.6. The smallest absolute Gasteiger partial charge is 0.225 e. The Labute approximate surface area is 161 Å². The number of para-hydroxylation sites is 1. The van der Waals surface area contributed by atoms with E-state index >= 15 is 0 Å². The lowest BCUT2D eigenvalue weighted by atomic mass is 9.95. The zero-order valence-electron chi connectivity index (χ0n) is 16.5. The molecular formula is C22H29NO4. The summed E-state index contributed by atoms with van der Waals surface area (Å²) in [4.78, 5) is 12.6. The minimum Gasteiger partial charge on any atom is -0.508 e. The highest BCUT2D eigenvalue weighted by Gasteiger charge is 2.21. The number of rotatable bonds is 9. The number of carbonyl (C=O) groups is 1. The van der Waals surface area contributed by atoms with Crippen LogP contribution in [-0.4, -0.2) is 24.2 Å². The predicted molar refractivity (Wildman–Crippen MR) is 106 cm³/mol. The van der Waals surface area contributed by atoms with E-state index in [1.54, 1.807) is 18.2 Å². The van der Waals surface area contributed by atoms with Crippen LogP contribution < -0.4 is 14.8 Å². The molecule has 1 atom stereocenters. The molecule has 2 aromatic rings. The fourth-order valence-corrected chi connectivity index (χ4v) is 2.95. The summed E-state index contributed by atoms with van der Waals surface area (Å²) in [5.41, 5.74) is 1.57. The van der Waals surface area contributed by atoms with Crippen LogP contribution in [0.2, 0.25) is 0 Å². The van der Waals surface area contributed by atoms with Gasteiger partial charge in [-0.05, 0) is 43.5 Å². The van der Waals surface area contributed by atoms with Gasteiger partial charge in [-0.3, -0.25) is 4.79 Å². The van der Waals surface area contributed by atoms with Gasteiger partial charge in [-0.2, -0.15) is 0 Å². The molecule has 0 fully saturated rings. The Hall–Kier alpha value is -2.69. The maximum atomic E-state index is 12.6. The lowest BCUT2D eigenvalue weighted by molar-refractivity contribution is -0.121. The minimum atomic E-state index is -0.168. The molecule has 0 spiro atoms. The summed E-state index contributed by atoms with van der Waals surface area (Å²) in [7, 11) is 0. The molecular weight excluding hydrogens is 342 g/mol. The van der Waals surface area contributed by atoms with Gasteiger partial charge in [0.05, 0.1) is 25.7 Å². The second-order valence-corrected chi connectivity index (χ2v) is 6.67. The average molecular weight is 371 g/mol. The van der Waals surface area contributed by atoms with Gasteiger partial charge in [-0.15, -0.1) is 0 Å². The molecule has 0 saturated carbocycles. The number of hydrogen-bond donors (Lipinski definition) is 2. The molecule has 146 valence electrons. The van der Waals surface area contributed by atoms with Crippen LogP contribution in [0.15, 0.2) is 42.5 Å². The van der Waals surface area contributed by atoms with Gasteiger partial charge in [0.2, 0.25) is 5.91 Å². The molecule has 1 unspecified atom stereocenters. The zero-order valence-corrected chi connectivity index (χ0v) is 16.5. The van der Waals surface area contributed by atoms with Crippen LogP contribution in [0.4, 0.5) is 0 Å². The summed E-state index contributed by atoms with van der Waals surface area (Å²) in [5, 5.41) is 13.0. The molecule has 0 aliphatic heterocycles. The summed E-state index contributed by atoms with van der Waals surface area (Å²) >= 11 is 0. The Morgan fingerprint density at radius 2 is 1.70 bits per heavy atom. The number of ether oxygens (including phenoxy) is 2. The normalized spacial score (nSPS) is 11.9. The summed E-state index contributed by atoms with van der Waals surface area (Å²) < 4.78 is 11.3. The van der Waals surface area contributed by atoms with Crippen molar-refractivity contribution in [2.45, 2.75) is 40.2 Å². The van der Waals surface area contributed by atoms with Crippen molar-refractivity contribution in [3.05, 3.63) is 53.6 Å². The number of amides is 1. The molecule has 0 heterocycles. The highest BCUT2D eigenvalue weighted by Crippen LogP contribution is 2.33. The van der Waals surface area contributed by atoms with Crippen molar-refractivity contribution in [1.29, 1.82) is 0 Å². The van der Waals surface area contributed by atoms with E-state index in [0.29, 0.717) is 30.3 Å². The summed E-state index contributed by atoms with van der Waals surface area (Å²) in [6, 6.07) is 12.5. The maximum Gasteiger partial charge on any atom is 0.225 e. The van der Waals surface area contributed by atoms with Crippen LogP contribution in [0.3, 0.4) is 0 Å². The summed E-state index contributed by atoms with van der Waals surface area (Å²) in [6.45, 7) is 9.07. The molecule has 5 heteroatoms. The molecule has 1 amide bonds. The molecule has 2 N–H and O–H groups in total. The molecule has 27 heavy (non-hydrogen) atoms. The lowest BCUT2D eigenvalue weighted by Crippen LogP contribution is -2.32. The van der Waals surface area contributed by atoms with Gasteiger partial charge in [-0.25, -0.2) is 0 Å². The van der Waals surface area contributed by atoms with Crippen molar-refractivity contribution in [1.82, 2.24) is 5.32 Å². The van der Waals surface area contributed by atoms with Crippen LogP contribution in [0.1, 0.15) is 44.9 Å². The van der Waals surface area contributed by atoms with Crippen LogP contribution in [0.5, 0.6) is 17.2 Å². The largest absolute Gasteiger partial charge is 0.508 e. The quantitative estimate of drug-likeness (QED) is 0.692. The van der Waals surface area contributed by atoms with Gasteiger partial charge in [-0.1, -0.05) is 38.1 Å². The first-order chi connectivity index (χ1) is 13.0. The van der Waals surface area contributed by atoms with E-state index in [-0.39, 0.29) is 30.0 Å². The Morgan fingerprint density at radius 3 is 2.33 bits per heavy atom. The summed E-state index contributed by atoms with van der Waals surface area (Å²) in [6.07, 6.45) is 0.130. The van der Waals surface area contributed by atoms with E-state index < -0.39 is 0 Å². The van der Waals surface area contributed by atoms with Gasteiger partial charge >= 0.3 is 0 Å². The molecule has 0 aliphatic rings. The molecule has 5 nitrogen and oxygen atoms in total. The van der Waals surface area contributed by atoms with Gasteiger partial charge < -0.3 is 19.9 Å². The Balaban J connectivity index is 2.20. The highest BCUT2D eigenvalue weighted by molar-refractivity contribution is 5.79. The third-order valence-electron chi connectivity index (χ3n) is 4.25. The average Bonchev–Trinajstić information content (AvgIpc) is 2.63. The third-order valence-corrected chi connectivity index (χ3v) is 4.25. The second-order valence-electron chi connectivity index (χ2n) is 6.67. The van der Waals surface area contributed by atoms with Crippen molar-refractivity contribution in [2.75, 3.05) is 13.2 Å². The van der Waals surface area contributed by atoms with Crippen molar-refractivity contribution < 1.29 is 19.4 Å². The first-order valence-corrected chi connectivity index (χ1v) is 9.42. The van der Waals surface area contributed by atoms with Crippen molar-refractivity contribution in [2.24, 2.45) is 5.92 Å². The van der Waals surface area contributed by atoms with E-state index in [9.17, 15) is 9.90 Å². The van der Waals surface area contributed by atoms with Crippen LogP contribution in [0.25, 0.3) is 0 Å². The van der Waals surface area contributed by atoms with Gasteiger partial charge in [0, 0.05) is 5.56 Å². The Kier molecular flexibility index (Phi) is 7.53. The number of aromatic hydroxyl groups is 1. The highest BCUT2D eigenvalue weighted by atomic mass is 16.5. The van der Waals surface area contributed by atoms with Crippen LogP contribution in [0, 0.1) is 5.92 Å². The Morgan fingerprint density at radius 1 is 1.04 bits per heavy atom. The van der Waals surface area contributed by atoms with Crippen molar-refractivity contribution >= 4 is 5.91 Å². The number of benzene rings is 2. The molecule has 2 rings (SSSR count). The molecule has 2 aromatic carbocycles. The number of hydrogen-bond acceptors (Lipinski definition) is 4. The van der Waals surface area contributed by atoms with Gasteiger partial charge in [0.15, 0.2) is 11.5 Å². The molecule has 0 bridgehead atoms. The number of nitrogens with one attached hydrogen (secondary N) is 1. The van der Waals surface area contributed by atoms with E-state index in [4.69, 9.17) is 9.47 Å². The number of carbonyl (C=O) groups excluding carboxylic acids is 1. The predicted octanol–water partition coefficient (Wildman–Crippen LogP) is 4.25. The van der Waals surface area contributed by atoms with Crippen LogP contribution in [-0.2, 0) is 11.2 Å². The number of phenolic OH excluding ortho intramolecular Hbond substituents is 1. The van der Waals surface area contributed by atoms with Crippen molar-refractivity contribution in [3.63, 3.8) is 0 Å². The molecule has 0 aliphatic carbocycles. The Bertz CT molecular complexity index is 758. The summed E-state index contributed by atoms with van der Waals surface area (Å²) in [5.74, 6) is 1.56. The van der Waals surface area contributed by atoms with E-state index in [1.807, 2.05) is 38.1 Å². The molecule has 0 aromatic heterocycles. The first kappa shape index (κ1) is 20.6. The standard InChI is InChI=1S/C22H29NO4/c1-5-26-19-12-11-17(13-20(19)27-6-2)22(15(3)4)23-21(25)14-16-9-7-8-10-18(16)24/h7-13,15,22,24H,5-6,14H2,1-4H3,(H,23,25). The van der Waals surface area contributed by atoms with Crippen LogP contribution >= 0.6 is 0 Å². The zero-order chi connectivity index (χ0) is 19.8. The minimum absolute atomic E-state index is 0.130. The second kappa shape index (κ2) is 9.86. The third kappa shape index (κ3) is 5.64. The van der Waals surface area contributed by atoms with Gasteiger partial charge in [0.1, 0.15) is 5.75 Å². The SMILES string of the molecule is CCOc1ccc(C(NC(=O)Cc2ccccc2O)C(C)C)cc1OCC. The van der Waals surface area contributed by atoms with Gasteiger partial charge in [0.25, 0.3) is 0 Å². The fourth-order valence-electron chi connectivity index (χ4n) is 2.95. The lowest BCUT2D eigenvalue weighted by Gasteiger charge is -2.24. The molecule has 0 radical (unpaired) electrons. The number of phenols is 1. The van der Waals surface area contributed by atoms with E-state index in [2.05, 4.69) is 19.2 Å². The van der Waals surface area contributed by atoms with E-state index in [1.165, 1.54) is 0 Å². The molecule has 0 saturated heterocycles. The van der Waals surface area contributed by atoms with Crippen molar-refractivity contribution in [3.8, 4) is 17.2 Å².